The van der Waals surface area contributed by atoms with Gasteiger partial charge in [-0.25, -0.2) is 4.79 Å². The average Bonchev–Trinajstić information content (AvgIpc) is 2.72. The Morgan fingerprint density at radius 3 is 2.53 bits per heavy atom. The lowest BCUT2D eigenvalue weighted by Gasteiger charge is -2.33. The maximum absolute atomic E-state index is 12.1. The van der Waals surface area contributed by atoms with Gasteiger partial charge in [0.05, 0.1) is 11.1 Å². The number of hydrogen-bond acceptors (Lipinski definition) is 5. The lowest BCUT2D eigenvalue weighted by atomic mass is 10.2. The molecule has 0 aromatic carbocycles. The molecule has 0 spiro atoms. The Morgan fingerprint density at radius 1 is 1.47 bits per heavy atom. The second kappa shape index (κ2) is 6.84. The Balaban J connectivity index is 2.62. The maximum atomic E-state index is 12.1. The molecule has 0 fully saturated rings. The summed E-state index contributed by atoms with van der Waals surface area (Å²) in [7, 11) is 0. The number of hydrogen-bond donors (Lipinski definition) is 1. The molecule has 1 atom stereocenters. The third-order valence-electron chi connectivity index (χ3n) is 2.66. The number of nitrogens with zero attached hydrogens (tertiary/aromatic N) is 2. The highest BCUT2D eigenvalue weighted by Gasteiger charge is 2.27. The Hall–Kier alpha value is -1.17. The van der Waals surface area contributed by atoms with Gasteiger partial charge in [-0.3, -0.25) is 4.90 Å². The molecule has 5 nitrogen and oxygen atoms in total. The molecule has 108 valence electrons. The molecule has 0 saturated heterocycles. The van der Waals surface area contributed by atoms with Gasteiger partial charge in [0, 0.05) is 12.1 Å². The number of amides is 1. The molecule has 1 heterocycles. The lowest BCUT2D eigenvalue weighted by molar-refractivity contribution is 0.0687. The standard InChI is InChI=1S/C13H22N2O3S/c1-8(2)12(19)15(9(3)4)13(16)17-7-11-6-10(5)14-18-11/h6,8-9,12,19H,7H2,1-5H3. The molecule has 0 N–H and O–H groups in total. The Morgan fingerprint density at radius 2 is 2.11 bits per heavy atom. The van der Waals surface area contributed by atoms with Gasteiger partial charge >= 0.3 is 6.09 Å². The minimum Gasteiger partial charge on any atom is -0.441 e. The summed E-state index contributed by atoms with van der Waals surface area (Å²) in [5.41, 5.74) is 0.765. The minimum absolute atomic E-state index is 0.0221. The number of aryl methyl sites for hydroxylation is 1. The number of carbonyl (C=O) groups excluding carboxylic acids is 1. The van der Waals surface area contributed by atoms with Crippen molar-refractivity contribution >= 4 is 18.7 Å². The molecule has 0 radical (unpaired) electrons. The normalized spacial score (nSPS) is 12.8. The summed E-state index contributed by atoms with van der Waals surface area (Å²) in [4.78, 5) is 13.7. The smallest absolute Gasteiger partial charge is 0.411 e. The highest BCUT2D eigenvalue weighted by atomic mass is 32.1. The van der Waals surface area contributed by atoms with Crippen molar-refractivity contribution in [1.82, 2.24) is 10.1 Å². The van der Waals surface area contributed by atoms with E-state index in [1.807, 2.05) is 34.6 Å². The Kier molecular flexibility index (Phi) is 5.72. The van der Waals surface area contributed by atoms with Crippen molar-refractivity contribution in [3.8, 4) is 0 Å². The van der Waals surface area contributed by atoms with Crippen molar-refractivity contribution in [3.05, 3.63) is 17.5 Å². The minimum atomic E-state index is -0.391. The van der Waals surface area contributed by atoms with Crippen molar-refractivity contribution < 1.29 is 14.1 Å². The molecule has 19 heavy (non-hydrogen) atoms. The van der Waals surface area contributed by atoms with Gasteiger partial charge in [0.2, 0.25) is 0 Å². The van der Waals surface area contributed by atoms with Gasteiger partial charge in [0.1, 0.15) is 0 Å². The van der Waals surface area contributed by atoms with Gasteiger partial charge in [-0.2, -0.15) is 12.6 Å². The van der Waals surface area contributed by atoms with Crippen LogP contribution in [0.4, 0.5) is 4.79 Å². The number of carbonyl (C=O) groups is 1. The zero-order chi connectivity index (χ0) is 14.6. The molecular weight excluding hydrogens is 264 g/mol. The van der Waals surface area contributed by atoms with Crippen LogP contribution in [0, 0.1) is 12.8 Å². The fraction of sp³-hybridized carbons (Fsp3) is 0.692. The third kappa shape index (κ3) is 4.45. The van der Waals surface area contributed by atoms with Crippen LogP contribution in [-0.2, 0) is 11.3 Å². The average molecular weight is 286 g/mol. The SMILES string of the molecule is Cc1cc(COC(=O)N(C(C)C)C(S)C(C)C)on1. The second-order valence-electron chi connectivity index (χ2n) is 5.15. The number of rotatable bonds is 5. The highest BCUT2D eigenvalue weighted by molar-refractivity contribution is 7.80. The van der Waals surface area contributed by atoms with Gasteiger partial charge in [-0.1, -0.05) is 19.0 Å². The van der Waals surface area contributed by atoms with E-state index in [1.165, 1.54) is 0 Å². The van der Waals surface area contributed by atoms with Crippen LogP contribution in [0.15, 0.2) is 10.6 Å². The van der Waals surface area contributed by atoms with Crippen LogP contribution in [-0.4, -0.2) is 27.6 Å². The molecule has 1 aromatic rings. The summed E-state index contributed by atoms with van der Waals surface area (Å²) in [5.74, 6) is 0.778. The van der Waals surface area contributed by atoms with Gasteiger partial charge in [0.25, 0.3) is 0 Å². The Labute approximate surface area is 119 Å². The number of ether oxygens (including phenoxy) is 1. The molecule has 1 amide bonds. The van der Waals surface area contributed by atoms with Crippen LogP contribution in [0.25, 0.3) is 0 Å². The zero-order valence-corrected chi connectivity index (χ0v) is 13.0. The van der Waals surface area contributed by atoms with E-state index in [0.717, 1.165) is 5.69 Å². The molecule has 0 aliphatic rings. The summed E-state index contributed by atoms with van der Waals surface area (Å²) >= 11 is 4.47. The first-order chi connectivity index (χ1) is 8.82. The predicted octanol–water partition coefficient (Wildman–Crippen LogP) is 3.24. The van der Waals surface area contributed by atoms with Gasteiger partial charge in [-0.05, 0) is 26.7 Å². The molecule has 1 unspecified atom stereocenters. The zero-order valence-electron chi connectivity index (χ0n) is 12.1. The molecule has 0 aliphatic heterocycles. The number of aromatic nitrogens is 1. The molecule has 0 saturated carbocycles. The van der Waals surface area contributed by atoms with Crippen LogP contribution < -0.4 is 0 Å². The summed E-state index contributed by atoms with van der Waals surface area (Å²) < 4.78 is 10.2. The van der Waals surface area contributed by atoms with Crippen LogP contribution in [0.1, 0.15) is 39.1 Å². The summed E-state index contributed by atoms with van der Waals surface area (Å²) in [6.07, 6.45) is -0.391. The van der Waals surface area contributed by atoms with E-state index in [9.17, 15) is 4.79 Å². The van der Waals surface area contributed by atoms with E-state index >= 15 is 0 Å². The first kappa shape index (κ1) is 15.9. The van der Waals surface area contributed by atoms with Crippen molar-refractivity contribution in [3.63, 3.8) is 0 Å². The lowest BCUT2D eigenvalue weighted by Crippen LogP contribution is -2.44. The first-order valence-electron chi connectivity index (χ1n) is 6.38. The third-order valence-corrected chi connectivity index (χ3v) is 3.51. The predicted molar refractivity (Wildman–Crippen MR) is 76.0 cm³/mol. The van der Waals surface area contributed by atoms with Gasteiger partial charge in [0.15, 0.2) is 12.4 Å². The van der Waals surface area contributed by atoms with Crippen molar-refractivity contribution in [1.29, 1.82) is 0 Å². The monoisotopic (exact) mass is 286 g/mol. The highest BCUT2D eigenvalue weighted by Crippen LogP contribution is 2.19. The molecular formula is C13H22N2O3S. The fourth-order valence-corrected chi connectivity index (χ4v) is 2.00. The number of thiol groups is 1. The first-order valence-corrected chi connectivity index (χ1v) is 6.90. The largest absolute Gasteiger partial charge is 0.441 e. The van der Waals surface area contributed by atoms with Crippen molar-refractivity contribution in [2.24, 2.45) is 5.92 Å². The van der Waals surface area contributed by atoms with Crippen molar-refractivity contribution in [2.75, 3.05) is 0 Å². The van der Waals surface area contributed by atoms with E-state index in [4.69, 9.17) is 9.26 Å². The summed E-state index contributed by atoms with van der Waals surface area (Å²) in [6, 6.07) is 1.77. The molecule has 0 bridgehead atoms. The van der Waals surface area contributed by atoms with Crippen LogP contribution >= 0.6 is 12.6 Å². The van der Waals surface area contributed by atoms with Crippen LogP contribution in [0.2, 0.25) is 0 Å². The quantitative estimate of drug-likeness (QED) is 0.667. The summed E-state index contributed by atoms with van der Waals surface area (Å²) in [6.45, 7) is 9.80. The molecule has 6 heteroatoms. The molecule has 1 aromatic heterocycles. The van der Waals surface area contributed by atoms with E-state index in [2.05, 4.69) is 17.8 Å². The summed E-state index contributed by atoms with van der Waals surface area (Å²) in [5, 5.41) is 3.57. The van der Waals surface area contributed by atoms with E-state index < -0.39 is 6.09 Å². The van der Waals surface area contributed by atoms with E-state index in [-0.39, 0.29) is 23.9 Å². The fourth-order valence-electron chi connectivity index (χ4n) is 1.64. The topological polar surface area (TPSA) is 55.6 Å². The van der Waals surface area contributed by atoms with E-state index in [1.54, 1.807) is 11.0 Å². The Bertz CT molecular complexity index is 418. The van der Waals surface area contributed by atoms with Crippen molar-refractivity contribution in [2.45, 2.75) is 52.6 Å². The van der Waals surface area contributed by atoms with Gasteiger partial charge in [-0.15, -0.1) is 0 Å². The van der Waals surface area contributed by atoms with Crippen LogP contribution in [0.5, 0.6) is 0 Å². The second-order valence-corrected chi connectivity index (χ2v) is 5.68. The van der Waals surface area contributed by atoms with Gasteiger partial charge < -0.3 is 9.26 Å². The molecule has 1 rings (SSSR count). The maximum Gasteiger partial charge on any atom is 0.411 e. The molecule has 0 aliphatic carbocycles. The van der Waals surface area contributed by atoms with E-state index in [0.29, 0.717) is 5.76 Å². The van der Waals surface area contributed by atoms with Crippen LogP contribution in [0.3, 0.4) is 0 Å².